The molecule has 1 saturated heterocycles. The third-order valence-corrected chi connectivity index (χ3v) is 3.36. The predicted octanol–water partition coefficient (Wildman–Crippen LogP) is 1.66. The van der Waals surface area contributed by atoms with Gasteiger partial charge in [0.2, 0.25) is 0 Å². The lowest BCUT2D eigenvalue weighted by molar-refractivity contribution is 0.238. The Balaban J connectivity index is 2.26. The van der Waals surface area contributed by atoms with Gasteiger partial charge in [-0.05, 0) is 37.1 Å². The molecule has 2 rings (SSSR count). The van der Waals surface area contributed by atoms with Crippen molar-refractivity contribution in [2.75, 3.05) is 24.6 Å². The molecular weight excluding hydrogens is 219 g/mol. The molecule has 3 N–H and O–H groups in total. The van der Waals surface area contributed by atoms with E-state index in [1.165, 1.54) is 12.1 Å². The van der Waals surface area contributed by atoms with Crippen molar-refractivity contribution in [2.24, 2.45) is 11.7 Å². The molecule has 0 aromatic heterocycles. The number of hydrogen-bond acceptors (Lipinski definition) is 3. The Hall–Kier alpha value is -1.13. The number of aliphatic hydroxyl groups excluding tert-OH is 1. The molecule has 1 aliphatic rings. The van der Waals surface area contributed by atoms with Gasteiger partial charge in [-0.15, -0.1) is 0 Å². The zero-order chi connectivity index (χ0) is 12.4. The normalized spacial score (nSPS) is 21.9. The van der Waals surface area contributed by atoms with Crippen LogP contribution >= 0.6 is 0 Å². The van der Waals surface area contributed by atoms with Crippen LogP contribution in [0.3, 0.4) is 0 Å². The highest BCUT2D eigenvalue weighted by atomic mass is 19.1. The van der Waals surface area contributed by atoms with Crippen LogP contribution in [0, 0.1) is 11.7 Å². The van der Waals surface area contributed by atoms with E-state index in [-0.39, 0.29) is 18.5 Å². The van der Waals surface area contributed by atoms with E-state index < -0.39 is 0 Å². The molecule has 17 heavy (non-hydrogen) atoms. The molecule has 4 heteroatoms. The number of hydrogen-bond donors (Lipinski definition) is 2. The largest absolute Gasteiger partial charge is 0.396 e. The fourth-order valence-electron chi connectivity index (χ4n) is 2.38. The number of halogens is 1. The first-order valence-electron chi connectivity index (χ1n) is 6.02. The van der Waals surface area contributed by atoms with Crippen molar-refractivity contribution in [3.8, 4) is 0 Å². The van der Waals surface area contributed by atoms with Gasteiger partial charge in [0.1, 0.15) is 5.82 Å². The SMILES string of the molecule is C[C@@H](N)c1cc(F)ccc1N1CCC(CO)C1. The Morgan fingerprint density at radius 3 is 2.94 bits per heavy atom. The highest BCUT2D eigenvalue weighted by molar-refractivity contribution is 5.55. The number of aliphatic hydroxyl groups is 1. The van der Waals surface area contributed by atoms with Crippen LogP contribution in [0.25, 0.3) is 0 Å². The maximum absolute atomic E-state index is 13.2. The minimum absolute atomic E-state index is 0.186. The van der Waals surface area contributed by atoms with Crippen LogP contribution in [0.4, 0.5) is 10.1 Å². The van der Waals surface area contributed by atoms with Crippen LogP contribution in [0.2, 0.25) is 0 Å². The van der Waals surface area contributed by atoms with Gasteiger partial charge in [-0.25, -0.2) is 4.39 Å². The molecule has 0 aliphatic carbocycles. The van der Waals surface area contributed by atoms with E-state index in [9.17, 15) is 4.39 Å². The Bertz CT molecular complexity index is 395. The molecule has 1 aromatic rings. The quantitative estimate of drug-likeness (QED) is 0.842. The smallest absolute Gasteiger partial charge is 0.123 e. The topological polar surface area (TPSA) is 49.5 Å². The second-order valence-corrected chi connectivity index (χ2v) is 4.78. The van der Waals surface area contributed by atoms with Crippen LogP contribution in [0.5, 0.6) is 0 Å². The lowest BCUT2D eigenvalue weighted by Gasteiger charge is -2.23. The molecule has 0 bridgehead atoms. The van der Waals surface area contributed by atoms with E-state index in [1.807, 2.05) is 6.92 Å². The van der Waals surface area contributed by atoms with E-state index in [0.717, 1.165) is 30.8 Å². The molecule has 0 saturated carbocycles. The first kappa shape index (κ1) is 12.3. The van der Waals surface area contributed by atoms with E-state index in [0.29, 0.717) is 5.92 Å². The van der Waals surface area contributed by atoms with Gasteiger partial charge in [0.25, 0.3) is 0 Å². The van der Waals surface area contributed by atoms with Crippen molar-refractivity contribution < 1.29 is 9.50 Å². The summed E-state index contributed by atoms with van der Waals surface area (Å²) < 4.78 is 13.2. The summed E-state index contributed by atoms with van der Waals surface area (Å²) in [5.74, 6) is 0.0694. The number of nitrogens with two attached hydrogens (primary N) is 1. The standard InChI is InChI=1S/C13H19FN2O/c1-9(15)12-6-11(14)2-3-13(12)16-5-4-10(7-16)8-17/h2-3,6,9-10,17H,4-5,7-8,15H2,1H3/t9-,10?/m1/s1. The summed E-state index contributed by atoms with van der Waals surface area (Å²) in [7, 11) is 0. The molecule has 1 aromatic carbocycles. The van der Waals surface area contributed by atoms with Crippen molar-refractivity contribution in [3.63, 3.8) is 0 Å². The molecule has 0 spiro atoms. The highest BCUT2D eigenvalue weighted by Crippen LogP contribution is 2.30. The summed E-state index contributed by atoms with van der Waals surface area (Å²) in [4.78, 5) is 2.18. The average molecular weight is 238 g/mol. The van der Waals surface area contributed by atoms with Crippen LogP contribution in [0.1, 0.15) is 24.9 Å². The van der Waals surface area contributed by atoms with Gasteiger partial charge >= 0.3 is 0 Å². The summed E-state index contributed by atoms with van der Waals surface area (Å²) in [6.45, 7) is 3.79. The van der Waals surface area contributed by atoms with Gasteiger partial charge in [-0.2, -0.15) is 0 Å². The number of anilines is 1. The van der Waals surface area contributed by atoms with Gasteiger partial charge in [0.05, 0.1) is 0 Å². The lowest BCUT2D eigenvalue weighted by Crippen LogP contribution is -2.23. The van der Waals surface area contributed by atoms with Crippen molar-refractivity contribution in [1.29, 1.82) is 0 Å². The van der Waals surface area contributed by atoms with Gasteiger partial charge in [-0.1, -0.05) is 0 Å². The molecule has 1 unspecified atom stereocenters. The summed E-state index contributed by atoms with van der Waals surface area (Å²) in [5.41, 5.74) is 7.71. The third kappa shape index (κ3) is 2.58. The number of benzene rings is 1. The minimum Gasteiger partial charge on any atom is -0.396 e. The lowest BCUT2D eigenvalue weighted by atomic mass is 10.1. The van der Waals surface area contributed by atoms with Crippen molar-refractivity contribution in [3.05, 3.63) is 29.6 Å². The average Bonchev–Trinajstić information content (AvgIpc) is 2.77. The summed E-state index contributed by atoms with van der Waals surface area (Å²) >= 11 is 0. The Kier molecular flexibility index (Phi) is 3.64. The van der Waals surface area contributed by atoms with Gasteiger partial charge in [0.15, 0.2) is 0 Å². The maximum Gasteiger partial charge on any atom is 0.123 e. The third-order valence-electron chi connectivity index (χ3n) is 3.36. The number of rotatable bonds is 3. The summed E-state index contributed by atoms with van der Waals surface area (Å²) in [6.07, 6.45) is 0.978. The van der Waals surface area contributed by atoms with Gasteiger partial charge < -0.3 is 15.7 Å². The van der Waals surface area contributed by atoms with E-state index >= 15 is 0 Å². The molecule has 3 nitrogen and oxygen atoms in total. The second kappa shape index (κ2) is 5.02. The van der Waals surface area contributed by atoms with Crippen LogP contribution in [-0.2, 0) is 0 Å². The maximum atomic E-state index is 13.2. The fourth-order valence-corrected chi connectivity index (χ4v) is 2.38. The van der Waals surface area contributed by atoms with E-state index in [4.69, 9.17) is 10.8 Å². The fraction of sp³-hybridized carbons (Fsp3) is 0.538. The van der Waals surface area contributed by atoms with Crippen molar-refractivity contribution >= 4 is 5.69 Å². The molecule has 0 radical (unpaired) electrons. The molecule has 1 heterocycles. The first-order chi connectivity index (χ1) is 8.11. The van der Waals surface area contributed by atoms with Crippen LogP contribution in [0.15, 0.2) is 18.2 Å². The Labute approximate surface area is 101 Å². The monoisotopic (exact) mass is 238 g/mol. The Morgan fingerprint density at radius 2 is 2.35 bits per heavy atom. The predicted molar refractivity (Wildman–Crippen MR) is 66.4 cm³/mol. The molecule has 94 valence electrons. The Morgan fingerprint density at radius 1 is 1.59 bits per heavy atom. The van der Waals surface area contributed by atoms with E-state index in [2.05, 4.69) is 4.90 Å². The minimum atomic E-state index is -0.251. The molecule has 1 fully saturated rings. The summed E-state index contributed by atoms with van der Waals surface area (Å²) in [6, 6.07) is 4.57. The second-order valence-electron chi connectivity index (χ2n) is 4.78. The molecule has 0 amide bonds. The van der Waals surface area contributed by atoms with Gasteiger partial charge in [-0.3, -0.25) is 0 Å². The molecule has 2 atom stereocenters. The van der Waals surface area contributed by atoms with Crippen molar-refractivity contribution in [2.45, 2.75) is 19.4 Å². The van der Waals surface area contributed by atoms with Crippen molar-refractivity contribution in [1.82, 2.24) is 0 Å². The zero-order valence-electron chi connectivity index (χ0n) is 10.1. The number of nitrogens with zero attached hydrogens (tertiary/aromatic N) is 1. The van der Waals surface area contributed by atoms with Crippen LogP contribution < -0.4 is 10.6 Å². The van der Waals surface area contributed by atoms with Crippen LogP contribution in [-0.4, -0.2) is 24.8 Å². The molecular formula is C13H19FN2O. The first-order valence-corrected chi connectivity index (χ1v) is 6.02. The highest BCUT2D eigenvalue weighted by Gasteiger charge is 2.24. The molecule has 1 aliphatic heterocycles. The van der Waals surface area contributed by atoms with E-state index in [1.54, 1.807) is 6.07 Å². The zero-order valence-corrected chi connectivity index (χ0v) is 10.1. The summed E-state index contributed by atoms with van der Waals surface area (Å²) in [5, 5.41) is 9.14. The van der Waals surface area contributed by atoms with Gasteiger partial charge in [0, 0.05) is 37.3 Å².